The summed E-state index contributed by atoms with van der Waals surface area (Å²) >= 11 is 0. The highest BCUT2D eigenvalue weighted by atomic mass is 16.5. The summed E-state index contributed by atoms with van der Waals surface area (Å²) in [6.45, 7) is 3.99. The number of aromatic hydroxyl groups is 1. The molecule has 0 fully saturated rings. The Morgan fingerprint density at radius 3 is 2.45 bits per heavy atom. The molecule has 0 bridgehead atoms. The van der Waals surface area contributed by atoms with Gasteiger partial charge in [-0.25, -0.2) is 4.98 Å². The SMILES string of the molecule is Cc1cc(O)cc(C)c1CC(NC(=O)C(N)CCCN=C(N)N)C(=O)N[C@@H](Cc1cnc[nH]1)c1nc(-c2ccccc2)no1. The molecular weight excluding hydrogens is 564 g/mol. The van der Waals surface area contributed by atoms with Crippen molar-refractivity contribution in [3.05, 3.63) is 83.3 Å². The maximum atomic E-state index is 13.9. The van der Waals surface area contributed by atoms with Gasteiger partial charge in [0.1, 0.15) is 17.8 Å². The van der Waals surface area contributed by atoms with E-state index in [2.05, 4.69) is 35.7 Å². The number of nitrogens with one attached hydrogen (secondary N) is 3. The minimum Gasteiger partial charge on any atom is -0.508 e. The Morgan fingerprint density at radius 1 is 1.07 bits per heavy atom. The highest BCUT2D eigenvalue weighted by molar-refractivity contribution is 5.90. The first kappa shape index (κ1) is 31.7. The molecule has 2 heterocycles. The van der Waals surface area contributed by atoms with E-state index in [-0.39, 0.29) is 30.4 Å². The van der Waals surface area contributed by atoms with Crippen LogP contribution in [0.1, 0.15) is 47.2 Å². The van der Waals surface area contributed by atoms with Crippen LogP contribution in [0.25, 0.3) is 11.4 Å². The molecule has 14 nitrogen and oxygen atoms in total. The molecule has 0 aliphatic carbocycles. The molecule has 2 aromatic heterocycles. The highest BCUT2D eigenvalue weighted by Crippen LogP contribution is 2.24. The van der Waals surface area contributed by atoms with E-state index >= 15 is 0 Å². The molecule has 3 atom stereocenters. The standard InChI is InChI=1S/C30H38N10O4/c1-17-11-21(41)12-18(2)22(17)14-24(37-27(42)23(31)9-6-10-35-30(32)33)28(43)38-25(13-20-15-34-16-36-20)29-39-26(40-44-29)19-7-4-3-5-8-19/h3-5,7-8,11-12,15-16,23-25,41H,6,9-10,13-14,31H2,1-2H3,(H,34,36)(H,37,42)(H,38,43)(H4,32,33,35)/t23?,24?,25-/m0/s1. The number of phenols is 1. The summed E-state index contributed by atoms with van der Waals surface area (Å²) in [5, 5.41) is 20.0. The molecule has 44 heavy (non-hydrogen) atoms. The number of carbonyl (C=O) groups is 2. The highest BCUT2D eigenvalue weighted by Gasteiger charge is 2.30. The van der Waals surface area contributed by atoms with Crippen molar-refractivity contribution in [1.29, 1.82) is 0 Å². The molecule has 4 rings (SSSR count). The number of carbonyl (C=O) groups excluding carboxylic acids is 2. The number of guanidine groups is 1. The summed E-state index contributed by atoms with van der Waals surface area (Å²) in [6.07, 6.45) is 4.37. The minimum atomic E-state index is -1.02. The predicted octanol–water partition coefficient (Wildman–Crippen LogP) is 1.29. The number of aromatic amines is 1. The first-order valence-corrected chi connectivity index (χ1v) is 14.2. The van der Waals surface area contributed by atoms with Crippen LogP contribution in [-0.2, 0) is 22.4 Å². The van der Waals surface area contributed by atoms with Crippen molar-refractivity contribution in [3.63, 3.8) is 0 Å². The van der Waals surface area contributed by atoms with Gasteiger partial charge in [-0.2, -0.15) is 4.98 Å². The van der Waals surface area contributed by atoms with Gasteiger partial charge in [-0.05, 0) is 55.5 Å². The first-order valence-electron chi connectivity index (χ1n) is 14.2. The van der Waals surface area contributed by atoms with Crippen molar-refractivity contribution < 1.29 is 19.2 Å². The van der Waals surface area contributed by atoms with Crippen LogP contribution in [0.4, 0.5) is 0 Å². The third kappa shape index (κ3) is 8.64. The van der Waals surface area contributed by atoms with Crippen LogP contribution in [-0.4, -0.2) is 61.6 Å². The first-order chi connectivity index (χ1) is 21.1. The third-order valence-electron chi connectivity index (χ3n) is 7.09. The molecule has 10 N–H and O–H groups in total. The van der Waals surface area contributed by atoms with Gasteiger partial charge in [-0.1, -0.05) is 35.5 Å². The number of aromatic nitrogens is 4. The van der Waals surface area contributed by atoms with Crippen molar-refractivity contribution in [2.45, 2.75) is 57.7 Å². The quantitative estimate of drug-likeness (QED) is 0.0620. The fraction of sp³-hybridized carbons (Fsp3) is 0.333. The topological polar surface area (TPSA) is 236 Å². The van der Waals surface area contributed by atoms with E-state index in [0.717, 1.165) is 27.9 Å². The van der Waals surface area contributed by atoms with Crippen LogP contribution in [0.5, 0.6) is 5.75 Å². The van der Waals surface area contributed by atoms with Gasteiger partial charge in [0.25, 0.3) is 0 Å². The molecule has 0 saturated heterocycles. The van der Waals surface area contributed by atoms with E-state index in [9.17, 15) is 14.7 Å². The second-order valence-electron chi connectivity index (χ2n) is 10.5. The summed E-state index contributed by atoms with van der Waals surface area (Å²) in [7, 11) is 0. The Hall–Kier alpha value is -5.24. The van der Waals surface area contributed by atoms with Crippen molar-refractivity contribution in [2.75, 3.05) is 6.54 Å². The van der Waals surface area contributed by atoms with E-state index in [1.807, 2.05) is 44.2 Å². The fourth-order valence-corrected chi connectivity index (χ4v) is 4.80. The number of rotatable bonds is 14. The summed E-state index contributed by atoms with van der Waals surface area (Å²) in [5.41, 5.74) is 20.7. The average molecular weight is 603 g/mol. The van der Waals surface area contributed by atoms with E-state index in [1.165, 1.54) is 6.33 Å². The monoisotopic (exact) mass is 602 g/mol. The van der Waals surface area contributed by atoms with E-state index < -0.39 is 29.9 Å². The Kier molecular flexibility index (Phi) is 10.6. The lowest BCUT2D eigenvalue weighted by Crippen LogP contribution is -2.53. The van der Waals surface area contributed by atoms with Crippen LogP contribution < -0.4 is 27.8 Å². The maximum absolute atomic E-state index is 13.9. The van der Waals surface area contributed by atoms with Gasteiger partial charge >= 0.3 is 0 Å². The van der Waals surface area contributed by atoms with E-state index in [1.54, 1.807) is 18.3 Å². The molecule has 4 aromatic rings. The number of hydrogen-bond acceptors (Lipinski definition) is 9. The number of H-pyrrole nitrogens is 1. The average Bonchev–Trinajstić information content (AvgIpc) is 3.69. The van der Waals surface area contributed by atoms with Gasteiger partial charge in [-0.3, -0.25) is 14.6 Å². The molecule has 232 valence electrons. The van der Waals surface area contributed by atoms with Gasteiger partial charge in [0.2, 0.25) is 23.5 Å². The van der Waals surface area contributed by atoms with Gasteiger partial charge in [0.05, 0.1) is 12.4 Å². The van der Waals surface area contributed by atoms with Crippen molar-refractivity contribution >= 4 is 17.8 Å². The second kappa shape index (κ2) is 14.8. The molecule has 0 saturated carbocycles. The molecule has 0 aliphatic rings. The summed E-state index contributed by atoms with van der Waals surface area (Å²) < 4.78 is 5.60. The zero-order chi connectivity index (χ0) is 31.6. The zero-order valence-electron chi connectivity index (χ0n) is 24.7. The zero-order valence-corrected chi connectivity index (χ0v) is 24.7. The molecule has 14 heteroatoms. The molecule has 2 aromatic carbocycles. The normalized spacial score (nSPS) is 13.1. The lowest BCUT2D eigenvalue weighted by molar-refractivity contribution is -0.130. The largest absolute Gasteiger partial charge is 0.508 e. The van der Waals surface area contributed by atoms with Gasteiger partial charge < -0.3 is 42.4 Å². The molecule has 2 amide bonds. The van der Waals surface area contributed by atoms with Crippen LogP contribution in [0.3, 0.4) is 0 Å². The molecule has 2 unspecified atom stereocenters. The summed E-state index contributed by atoms with van der Waals surface area (Å²) in [6, 6.07) is 9.87. The number of aliphatic imine (C=N–C) groups is 1. The number of nitrogens with two attached hydrogens (primary N) is 3. The smallest absolute Gasteiger partial charge is 0.249 e. The van der Waals surface area contributed by atoms with Gasteiger partial charge in [0, 0.05) is 36.8 Å². The van der Waals surface area contributed by atoms with E-state index in [4.69, 9.17) is 21.7 Å². The maximum Gasteiger partial charge on any atom is 0.249 e. The number of hydrogen-bond donors (Lipinski definition) is 7. The lowest BCUT2D eigenvalue weighted by atomic mass is 9.95. The summed E-state index contributed by atoms with van der Waals surface area (Å²) in [5.74, 6) is -0.357. The molecule has 0 spiro atoms. The molecule has 0 radical (unpaired) electrons. The predicted molar refractivity (Wildman–Crippen MR) is 164 cm³/mol. The molecular formula is C30H38N10O4. The number of imidazole rings is 1. The van der Waals surface area contributed by atoms with Crippen LogP contribution in [0.15, 0.2) is 64.5 Å². The van der Waals surface area contributed by atoms with Gasteiger partial charge in [0.15, 0.2) is 5.96 Å². The Labute approximate surface area is 254 Å². The number of amides is 2. The van der Waals surface area contributed by atoms with Gasteiger partial charge in [-0.15, -0.1) is 0 Å². The Balaban J connectivity index is 1.58. The number of aryl methyl sites for hydroxylation is 2. The minimum absolute atomic E-state index is 0.0405. The number of benzene rings is 2. The van der Waals surface area contributed by atoms with Crippen molar-refractivity contribution in [1.82, 2.24) is 30.7 Å². The summed E-state index contributed by atoms with van der Waals surface area (Å²) in [4.78, 5) is 42.7. The van der Waals surface area contributed by atoms with Crippen LogP contribution in [0, 0.1) is 13.8 Å². The second-order valence-corrected chi connectivity index (χ2v) is 10.5. The van der Waals surface area contributed by atoms with E-state index in [0.29, 0.717) is 25.2 Å². The van der Waals surface area contributed by atoms with Crippen LogP contribution in [0.2, 0.25) is 0 Å². The Bertz CT molecular complexity index is 1540. The Morgan fingerprint density at radius 2 is 1.80 bits per heavy atom. The van der Waals surface area contributed by atoms with Crippen molar-refractivity contribution in [3.8, 4) is 17.1 Å². The van der Waals surface area contributed by atoms with Crippen molar-refractivity contribution in [2.24, 2.45) is 22.2 Å². The third-order valence-corrected chi connectivity index (χ3v) is 7.09. The lowest BCUT2D eigenvalue weighted by Gasteiger charge is -2.24. The van der Waals surface area contributed by atoms with Crippen LogP contribution >= 0.6 is 0 Å². The number of nitrogens with zero attached hydrogens (tertiary/aromatic N) is 4. The fourth-order valence-electron chi connectivity index (χ4n) is 4.80. The molecule has 0 aliphatic heterocycles. The number of phenolic OH excluding ortho intramolecular Hbond substituents is 1.